The maximum absolute atomic E-state index is 10.7. The van der Waals surface area contributed by atoms with Crippen LogP contribution < -0.4 is 15.5 Å². The zero-order valence-electron chi connectivity index (χ0n) is 18.8. The number of para-hydroxylation sites is 1. The molecule has 30 heavy (non-hydrogen) atoms. The minimum absolute atomic E-state index is 0. The van der Waals surface area contributed by atoms with Gasteiger partial charge in [-0.3, -0.25) is 9.89 Å². The highest BCUT2D eigenvalue weighted by molar-refractivity contribution is 14.0. The minimum atomic E-state index is -0.849. The van der Waals surface area contributed by atoms with Crippen LogP contribution in [-0.4, -0.2) is 87.6 Å². The summed E-state index contributed by atoms with van der Waals surface area (Å²) in [5, 5.41) is 17.4. The van der Waals surface area contributed by atoms with E-state index in [4.69, 9.17) is 4.74 Å². The Kier molecular flexibility index (Phi) is 13.3. The van der Waals surface area contributed by atoms with Gasteiger partial charge in [-0.05, 0) is 38.8 Å². The number of rotatable bonds is 11. The summed E-state index contributed by atoms with van der Waals surface area (Å²) in [6.07, 6.45) is 2.16. The highest BCUT2D eigenvalue weighted by atomic mass is 127. The number of aliphatic hydroxyl groups is 1. The van der Waals surface area contributed by atoms with Gasteiger partial charge in [-0.15, -0.1) is 24.0 Å². The molecule has 2 rings (SSSR count). The van der Waals surface area contributed by atoms with E-state index < -0.39 is 5.60 Å². The largest absolute Gasteiger partial charge is 0.387 e. The molecule has 0 radical (unpaired) electrons. The third-order valence-corrected chi connectivity index (χ3v) is 5.00. The smallest absolute Gasteiger partial charge is 0.191 e. The van der Waals surface area contributed by atoms with Crippen molar-refractivity contribution < 1.29 is 9.84 Å². The fraction of sp³-hybridized carbons (Fsp3) is 0.682. The molecular weight excluding hydrogens is 493 g/mol. The summed E-state index contributed by atoms with van der Waals surface area (Å²) >= 11 is 0. The van der Waals surface area contributed by atoms with Gasteiger partial charge in [0.25, 0.3) is 0 Å². The number of hydrogen-bond donors (Lipinski definition) is 3. The number of benzene rings is 1. The molecule has 8 heteroatoms. The highest BCUT2D eigenvalue weighted by Crippen LogP contribution is 2.11. The number of nitrogens with zero attached hydrogens (tertiary/aromatic N) is 3. The number of ether oxygens (including phenoxy) is 1. The van der Waals surface area contributed by atoms with Gasteiger partial charge in [0, 0.05) is 52.0 Å². The summed E-state index contributed by atoms with van der Waals surface area (Å²) in [5.74, 6) is 0.770. The first kappa shape index (κ1) is 26.9. The summed E-state index contributed by atoms with van der Waals surface area (Å²) < 4.78 is 5.37. The van der Waals surface area contributed by atoms with E-state index in [1.807, 2.05) is 13.0 Å². The van der Waals surface area contributed by atoms with Crippen molar-refractivity contribution >= 4 is 35.6 Å². The molecule has 1 aliphatic rings. The third kappa shape index (κ3) is 10.8. The molecule has 1 atom stereocenters. The van der Waals surface area contributed by atoms with Crippen LogP contribution in [0, 0.1) is 0 Å². The molecular formula is C22H40IN5O2. The summed E-state index contributed by atoms with van der Waals surface area (Å²) in [6.45, 7) is 10.8. The van der Waals surface area contributed by atoms with Gasteiger partial charge in [0.1, 0.15) is 0 Å². The van der Waals surface area contributed by atoms with Crippen molar-refractivity contribution in [2.75, 3.05) is 71.0 Å². The second-order valence-electron chi connectivity index (χ2n) is 7.97. The number of morpholine rings is 1. The van der Waals surface area contributed by atoms with Crippen LogP contribution in [-0.2, 0) is 4.74 Å². The Bertz CT molecular complexity index is 594. The molecule has 7 nitrogen and oxygen atoms in total. The van der Waals surface area contributed by atoms with E-state index in [1.54, 1.807) is 0 Å². The lowest BCUT2D eigenvalue weighted by atomic mass is 10.1. The van der Waals surface area contributed by atoms with Gasteiger partial charge in [-0.1, -0.05) is 18.2 Å². The molecule has 0 bridgehead atoms. The van der Waals surface area contributed by atoms with Crippen molar-refractivity contribution in [1.82, 2.24) is 15.5 Å². The van der Waals surface area contributed by atoms with Crippen LogP contribution in [0.2, 0.25) is 0 Å². The van der Waals surface area contributed by atoms with Gasteiger partial charge in [0.15, 0.2) is 5.96 Å². The maximum atomic E-state index is 10.7. The van der Waals surface area contributed by atoms with E-state index in [1.165, 1.54) is 5.69 Å². The first-order valence-electron chi connectivity index (χ1n) is 10.8. The molecule has 0 aromatic heterocycles. The molecule has 172 valence electrons. The summed E-state index contributed by atoms with van der Waals surface area (Å²) in [4.78, 5) is 9.13. The monoisotopic (exact) mass is 533 g/mol. The second-order valence-corrected chi connectivity index (χ2v) is 7.97. The number of nitrogens with one attached hydrogen (secondary N) is 2. The molecule has 3 N–H and O–H groups in total. The number of halogens is 1. The van der Waals surface area contributed by atoms with Crippen LogP contribution in [0.5, 0.6) is 0 Å². The lowest BCUT2D eigenvalue weighted by Crippen LogP contribution is -2.48. The van der Waals surface area contributed by atoms with Crippen LogP contribution >= 0.6 is 24.0 Å². The van der Waals surface area contributed by atoms with Crippen LogP contribution in [0.25, 0.3) is 0 Å². The van der Waals surface area contributed by atoms with Crippen LogP contribution in [0.4, 0.5) is 5.69 Å². The average molecular weight is 533 g/mol. The Hall–Kier alpha value is -1.10. The van der Waals surface area contributed by atoms with E-state index in [-0.39, 0.29) is 24.0 Å². The van der Waals surface area contributed by atoms with E-state index >= 15 is 0 Å². The lowest BCUT2D eigenvalue weighted by molar-refractivity contribution is -0.0179. The minimum Gasteiger partial charge on any atom is -0.387 e. The molecule has 0 spiro atoms. The van der Waals surface area contributed by atoms with Crippen molar-refractivity contribution in [2.24, 2.45) is 4.99 Å². The Morgan fingerprint density at radius 1 is 1.20 bits per heavy atom. The lowest BCUT2D eigenvalue weighted by Gasteiger charge is -2.33. The van der Waals surface area contributed by atoms with E-state index in [9.17, 15) is 5.11 Å². The summed E-state index contributed by atoms with van der Waals surface area (Å²) in [7, 11) is 2.13. The molecule has 1 fully saturated rings. The van der Waals surface area contributed by atoms with Crippen molar-refractivity contribution in [3.05, 3.63) is 30.3 Å². The summed E-state index contributed by atoms with van der Waals surface area (Å²) in [6, 6.07) is 10.5. The molecule has 1 aromatic rings. The van der Waals surface area contributed by atoms with Crippen molar-refractivity contribution in [3.8, 4) is 0 Å². The first-order valence-corrected chi connectivity index (χ1v) is 10.8. The molecule has 1 aromatic carbocycles. The predicted molar refractivity (Wildman–Crippen MR) is 136 cm³/mol. The van der Waals surface area contributed by atoms with Crippen molar-refractivity contribution in [3.63, 3.8) is 0 Å². The molecule has 1 saturated heterocycles. The van der Waals surface area contributed by atoms with Crippen LogP contribution in [0.3, 0.4) is 0 Å². The number of anilines is 1. The molecule has 0 saturated carbocycles. The molecule has 0 amide bonds. The predicted octanol–water partition coefficient (Wildman–Crippen LogP) is 2.16. The molecule has 1 aliphatic heterocycles. The van der Waals surface area contributed by atoms with Gasteiger partial charge in [0.2, 0.25) is 0 Å². The number of hydrogen-bond acceptors (Lipinski definition) is 5. The number of aliphatic imine (C=N–C) groups is 1. The first-order chi connectivity index (χ1) is 14.0. The highest BCUT2D eigenvalue weighted by Gasteiger charge is 2.25. The van der Waals surface area contributed by atoms with E-state index in [0.717, 1.165) is 64.7 Å². The Morgan fingerprint density at radius 2 is 1.90 bits per heavy atom. The fourth-order valence-corrected chi connectivity index (χ4v) is 3.37. The summed E-state index contributed by atoms with van der Waals surface area (Å²) in [5.41, 5.74) is 0.399. The van der Waals surface area contributed by atoms with Gasteiger partial charge in [-0.2, -0.15) is 0 Å². The normalized spacial score (nSPS) is 17.0. The van der Waals surface area contributed by atoms with E-state index in [2.05, 4.69) is 63.7 Å². The average Bonchev–Trinajstić information content (AvgIpc) is 2.72. The van der Waals surface area contributed by atoms with Gasteiger partial charge in [-0.25, -0.2) is 0 Å². The number of unbranched alkanes of at least 4 members (excludes halogenated alkanes) is 1. The van der Waals surface area contributed by atoms with E-state index in [0.29, 0.717) is 13.1 Å². The molecule has 1 heterocycles. The Morgan fingerprint density at radius 3 is 2.57 bits per heavy atom. The SMILES string of the molecule is CCNC(=NCC(C)(O)CN1CCOCC1)NCCCCN(C)c1ccccc1.I. The fourth-order valence-electron chi connectivity index (χ4n) is 3.37. The topological polar surface area (TPSA) is 72.4 Å². The Labute approximate surface area is 199 Å². The van der Waals surface area contributed by atoms with Crippen LogP contribution in [0.1, 0.15) is 26.7 Å². The maximum Gasteiger partial charge on any atom is 0.191 e. The molecule has 0 aliphatic carbocycles. The number of β-amino-alcohol motifs (C(OH)–C–C–N with tert-alkyl or cyclic N) is 1. The van der Waals surface area contributed by atoms with Crippen molar-refractivity contribution in [2.45, 2.75) is 32.3 Å². The van der Waals surface area contributed by atoms with Gasteiger partial charge < -0.3 is 25.4 Å². The third-order valence-electron chi connectivity index (χ3n) is 5.00. The number of guanidine groups is 1. The van der Waals surface area contributed by atoms with Gasteiger partial charge >= 0.3 is 0 Å². The van der Waals surface area contributed by atoms with Crippen molar-refractivity contribution in [1.29, 1.82) is 0 Å². The zero-order valence-corrected chi connectivity index (χ0v) is 21.1. The Balaban J connectivity index is 0.00000450. The zero-order chi connectivity index (χ0) is 21.0. The molecule has 1 unspecified atom stereocenters. The standard InChI is InChI=1S/C22H39N5O2.HI/c1-4-23-21(25-18-22(2,28)19-27-14-16-29-17-15-27)24-12-8-9-13-26(3)20-10-6-5-7-11-20;/h5-7,10-11,28H,4,8-9,12-19H2,1-3H3,(H2,23,24,25);1H. The quantitative estimate of drug-likeness (QED) is 0.175. The second kappa shape index (κ2) is 14.8. The van der Waals surface area contributed by atoms with Gasteiger partial charge in [0.05, 0.1) is 25.4 Å². The van der Waals surface area contributed by atoms with Crippen LogP contribution in [0.15, 0.2) is 35.3 Å².